The molecule has 5 rings (SSSR count). The Morgan fingerprint density at radius 2 is 2.10 bits per heavy atom. The van der Waals surface area contributed by atoms with Crippen LogP contribution in [-0.2, 0) is 11.3 Å². The molecule has 1 aliphatic heterocycles. The number of amides is 1. The summed E-state index contributed by atoms with van der Waals surface area (Å²) in [5.74, 6) is 2.33. The fourth-order valence-electron chi connectivity index (χ4n) is 2.85. The van der Waals surface area contributed by atoms with Crippen LogP contribution in [0, 0.1) is 0 Å². The van der Waals surface area contributed by atoms with Gasteiger partial charge >= 0.3 is 0 Å². The lowest BCUT2D eigenvalue weighted by Crippen LogP contribution is -2.24. The van der Waals surface area contributed by atoms with Gasteiger partial charge in [-0.1, -0.05) is 23.9 Å². The van der Waals surface area contributed by atoms with Crippen LogP contribution in [0.25, 0.3) is 16.3 Å². The van der Waals surface area contributed by atoms with E-state index in [9.17, 15) is 4.79 Å². The number of thiophene rings is 1. The highest BCUT2D eigenvalue weighted by Crippen LogP contribution is 2.32. The van der Waals surface area contributed by atoms with Gasteiger partial charge in [0, 0.05) is 6.54 Å². The van der Waals surface area contributed by atoms with Gasteiger partial charge in [0.2, 0.25) is 12.7 Å². The lowest BCUT2D eigenvalue weighted by molar-refractivity contribution is -0.118. The van der Waals surface area contributed by atoms with Crippen molar-refractivity contribution in [1.29, 1.82) is 0 Å². The number of hydrogen-bond acceptors (Lipinski definition) is 8. The average Bonchev–Trinajstić information content (AvgIpc) is 3.50. The summed E-state index contributed by atoms with van der Waals surface area (Å²) >= 11 is 2.95. The molecule has 0 saturated carbocycles. The monoisotopic (exact) mass is 425 g/mol. The van der Waals surface area contributed by atoms with E-state index in [1.807, 2.05) is 47.8 Å². The van der Waals surface area contributed by atoms with Crippen LogP contribution in [-0.4, -0.2) is 38.3 Å². The first-order valence-corrected chi connectivity index (χ1v) is 10.7. The summed E-state index contributed by atoms with van der Waals surface area (Å²) in [7, 11) is 0. The highest BCUT2D eigenvalue weighted by atomic mass is 32.2. The van der Waals surface area contributed by atoms with Gasteiger partial charge < -0.3 is 14.8 Å². The summed E-state index contributed by atoms with van der Waals surface area (Å²) < 4.78 is 12.4. The molecular weight excluding hydrogens is 410 g/mol. The van der Waals surface area contributed by atoms with Gasteiger partial charge in [-0.15, -0.1) is 21.5 Å². The number of carbonyl (C=O) groups is 1. The molecule has 0 radical (unpaired) electrons. The van der Waals surface area contributed by atoms with Crippen LogP contribution in [0.2, 0.25) is 0 Å². The molecule has 0 aliphatic carbocycles. The molecule has 0 unspecified atom stereocenters. The first-order valence-electron chi connectivity index (χ1n) is 8.81. The van der Waals surface area contributed by atoms with Crippen LogP contribution in [0.4, 0.5) is 0 Å². The van der Waals surface area contributed by atoms with E-state index >= 15 is 0 Å². The van der Waals surface area contributed by atoms with Crippen molar-refractivity contribution in [1.82, 2.24) is 25.1 Å². The van der Waals surface area contributed by atoms with Gasteiger partial charge in [-0.2, -0.15) is 9.61 Å². The van der Waals surface area contributed by atoms with E-state index < -0.39 is 0 Å². The third kappa shape index (κ3) is 3.76. The molecule has 0 spiro atoms. The molecule has 1 N–H and O–H groups in total. The average molecular weight is 425 g/mol. The molecule has 146 valence electrons. The van der Waals surface area contributed by atoms with Gasteiger partial charge in [-0.3, -0.25) is 4.79 Å². The lowest BCUT2D eigenvalue weighted by atomic mass is 10.2. The van der Waals surface area contributed by atoms with Crippen molar-refractivity contribution in [3.8, 4) is 22.2 Å². The molecule has 1 aliphatic rings. The largest absolute Gasteiger partial charge is 0.454 e. The molecule has 1 aromatic carbocycles. The van der Waals surface area contributed by atoms with Gasteiger partial charge in [-0.05, 0) is 41.3 Å². The number of nitrogens with one attached hydrogen (secondary N) is 1. The third-order valence-corrected chi connectivity index (χ3v) is 6.04. The molecule has 0 atom stereocenters. The maximum Gasteiger partial charge on any atom is 0.231 e. The van der Waals surface area contributed by atoms with Crippen LogP contribution in [0.1, 0.15) is 5.56 Å². The van der Waals surface area contributed by atoms with Crippen LogP contribution in [0.3, 0.4) is 0 Å². The van der Waals surface area contributed by atoms with Gasteiger partial charge in [0.25, 0.3) is 0 Å². The summed E-state index contributed by atoms with van der Waals surface area (Å²) in [6.07, 6.45) is 0. The Morgan fingerprint density at radius 3 is 3.00 bits per heavy atom. The molecule has 10 heteroatoms. The first-order chi connectivity index (χ1) is 14.3. The Hall–Kier alpha value is -3.11. The van der Waals surface area contributed by atoms with E-state index in [-0.39, 0.29) is 18.5 Å². The van der Waals surface area contributed by atoms with E-state index in [1.165, 1.54) is 11.8 Å². The Labute approximate surface area is 173 Å². The minimum Gasteiger partial charge on any atom is -0.454 e. The molecule has 0 bridgehead atoms. The summed E-state index contributed by atoms with van der Waals surface area (Å²) in [6.45, 7) is 0.663. The number of carbonyl (C=O) groups excluding carboxylic acids is 1. The summed E-state index contributed by atoms with van der Waals surface area (Å²) in [4.78, 5) is 13.2. The minimum absolute atomic E-state index is 0.0724. The van der Waals surface area contributed by atoms with Gasteiger partial charge in [0.15, 0.2) is 23.0 Å². The van der Waals surface area contributed by atoms with Gasteiger partial charge in [-0.25, -0.2) is 0 Å². The number of nitrogens with zero attached hydrogens (tertiary/aromatic N) is 4. The molecule has 4 aromatic rings. The Kier molecular flexibility index (Phi) is 4.78. The Balaban J connectivity index is 1.21. The topological polar surface area (TPSA) is 90.6 Å². The van der Waals surface area contributed by atoms with Crippen molar-refractivity contribution in [3.63, 3.8) is 0 Å². The molecule has 4 heterocycles. The molecule has 0 fully saturated rings. The van der Waals surface area contributed by atoms with Crippen molar-refractivity contribution >= 4 is 34.7 Å². The Bertz CT molecular complexity index is 1180. The summed E-state index contributed by atoms with van der Waals surface area (Å²) in [5.41, 5.74) is 1.63. The number of rotatable bonds is 6. The maximum absolute atomic E-state index is 12.2. The predicted octanol–water partition coefficient (Wildman–Crippen LogP) is 2.99. The number of aromatic nitrogens is 4. The predicted molar refractivity (Wildman–Crippen MR) is 109 cm³/mol. The molecule has 1 amide bonds. The Morgan fingerprint density at radius 1 is 1.17 bits per heavy atom. The number of benzene rings is 1. The summed E-state index contributed by atoms with van der Waals surface area (Å²) in [5, 5.41) is 18.6. The van der Waals surface area contributed by atoms with Crippen molar-refractivity contribution in [3.05, 3.63) is 53.4 Å². The van der Waals surface area contributed by atoms with Crippen molar-refractivity contribution < 1.29 is 14.3 Å². The number of thioether (sulfide) groups is 1. The SMILES string of the molecule is O=C(CSc1ccc2nnc(-c3cccs3)n2n1)NCc1ccc2c(c1)OCO2. The van der Waals surface area contributed by atoms with Crippen molar-refractivity contribution in [2.75, 3.05) is 12.5 Å². The minimum atomic E-state index is -0.0724. The molecular formula is C19H15N5O3S2. The zero-order valence-corrected chi connectivity index (χ0v) is 16.7. The zero-order chi connectivity index (χ0) is 19.6. The summed E-state index contributed by atoms with van der Waals surface area (Å²) in [6, 6.07) is 13.3. The second-order valence-electron chi connectivity index (χ2n) is 6.20. The smallest absolute Gasteiger partial charge is 0.231 e. The maximum atomic E-state index is 12.2. The number of fused-ring (bicyclic) bond motifs is 2. The second-order valence-corrected chi connectivity index (χ2v) is 8.14. The molecule has 0 saturated heterocycles. The fraction of sp³-hybridized carbons (Fsp3) is 0.158. The van der Waals surface area contributed by atoms with E-state index in [1.54, 1.807) is 15.9 Å². The third-order valence-electron chi connectivity index (χ3n) is 4.26. The van der Waals surface area contributed by atoms with E-state index in [4.69, 9.17) is 9.47 Å². The second kappa shape index (κ2) is 7.72. The van der Waals surface area contributed by atoms with Crippen molar-refractivity contribution in [2.24, 2.45) is 0 Å². The van der Waals surface area contributed by atoms with Gasteiger partial charge in [0.05, 0.1) is 10.6 Å². The van der Waals surface area contributed by atoms with Crippen LogP contribution >= 0.6 is 23.1 Å². The quantitative estimate of drug-likeness (QED) is 0.475. The fourth-order valence-corrected chi connectivity index (χ4v) is 4.23. The molecule has 8 nitrogen and oxygen atoms in total. The van der Waals surface area contributed by atoms with Crippen LogP contribution < -0.4 is 14.8 Å². The van der Waals surface area contributed by atoms with E-state index in [0.717, 1.165) is 21.2 Å². The zero-order valence-electron chi connectivity index (χ0n) is 15.1. The number of hydrogen-bond donors (Lipinski definition) is 1. The lowest BCUT2D eigenvalue weighted by Gasteiger charge is -2.06. The van der Waals surface area contributed by atoms with Gasteiger partial charge in [0.1, 0.15) is 5.03 Å². The number of ether oxygens (including phenoxy) is 2. The highest BCUT2D eigenvalue weighted by Gasteiger charge is 2.14. The molecule has 3 aromatic heterocycles. The normalized spacial score (nSPS) is 12.4. The van der Waals surface area contributed by atoms with Crippen LogP contribution in [0.15, 0.2) is 52.9 Å². The van der Waals surface area contributed by atoms with E-state index in [2.05, 4.69) is 20.6 Å². The first kappa shape index (κ1) is 18.0. The standard InChI is InChI=1S/C19H15N5O3S2/c25-17(20-9-12-3-4-13-14(8-12)27-11-26-13)10-29-18-6-5-16-21-22-19(24(16)23-18)15-2-1-7-28-15/h1-8H,9-11H2,(H,20,25). The van der Waals surface area contributed by atoms with Crippen molar-refractivity contribution in [2.45, 2.75) is 11.6 Å². The highest BCUT2D eigenvalue weighted by molar-refractivity contribution is 7.99. The van der Waals surface area contributed by atoms with Crippen LogP contribution in [0.5, 0.6) is 11.5 Å². The van der Waals surface area contributed by atoms with E-state index in [0.29, 0.717) is 23.8 Å². The molecule has 29 heavy (non-hydrogen) atoms.